The van der Waals surface area contributed by atoms with Gasteiger partial charge in [0.05, 0.1) is 6.61 Å². The normalized spacial score (nSPS) is 13.8. The molecule has 1 N–H and O–H groups in total. The number of hydrogen-bond donors (Lipinski definition) is 1. The molecule has 1 fully saturated rings. The molecular weight excluding hydrogens is 354 g/mol. The van der Waals surface area contributed by atoms with E-state index in [1.807, 2.05) is 31.2 Å². The zero-order valence-electron chi connectivity index (χ0n) is 14.4. The van der Waals surface area contributed by atoms with Crippen molar-refractivity contribution in [3.05, 3.63) is 53.6 Å². The maximum absolute atomic E-state index is 12.6. The summed E-state index contributed by atoms with van der Waals surface area (Å²) in [6.07, 6.45) is 0. The van der Waals surface area contributed by atoms with E-state index < -0.39 is 0 Å². The first-order chi connectivity index (χ1) is 12.6. The zero-order valence-corrected chi connectivity index (χ0v) is 15.2. The van der Waals surface area contributed by atoms with Crippen molar-refractivity contribution in [2.75, 3.05) is 36.5 Å². The molecule has 7 heteroatoms. The second kappa shape index (κ2) is 8.10. The Morgan fingerprint density at radius 3 is 2.46 bits per heavy atom. The van der Waals surface area contributed by atoms with Crippen LogP contribution in [0.25, 0.3) is 0 Å². The molecule has 3 rings (SSSR count). The van der Waals surface area contributed by atoms with Crippen molar-refractivity contribution in [2.24, 2.45) is 0 Å². The van der Waals surface area contributed by atoms with Crippen molar-refractivity contribution >= 4 is 34.9 Å². The fourth-order valence-corrected chi connectivity index (χ4v) is 2.89. The molecule has 0 spiro atoms. The highest BCUT2D eigenvalue weighted by molar-refractivity contribution is 6.30. The van der Waals surface area contributed by atoms with Crippen LogP contribution in [0.1, 0.15) is 6.92 Å². The molecule has 1 heterocycles. The van der Waals surface area contributed by atoms with E-state index in [9.17, 15) is 9.59 Å². The molecule has 26 heavy (non-hydrogen) atoms. The number of nitrogens with zero attached hydrogens (tertiary/aromatic N) is 2. The van der Waals surface area contributed by atoms with Gasteiger partial charge in [-0.1, -0.05) is 11.6 Å². The van der Waals surface area contributed by atoms with Gasteiger partial charge in [0.2, 0.25) is 5.91 Å². The van der Waals surface area contributed by atoms with Crippen molar-refractivity contribution in [3.8, 4) is 5.75 Å². The molecule has 0 aromatic heterocycles. The van der Waals surface area contributed by atoms with E-state index in [-0.39, 0.29) is 18.5 Å². The van der Waals surface area contributed by atoms with Crippen molar-refractivity contribution in [1.29, 1.82) is 0 Å². The summed E-state index contributed by atoms with van der Waals surface area (Å²) in [5.41, 5.74) is 1.44. The number of carbonyl (C=O) groups is 2. The fourth-order valence-electron chi connectivity index (χ4n) is 2.76. The minimum Gasteiger partial charge on any atom is -0.494 e. The van der Waals surface area contributed by atoms with Crippen molar-refractivity contribution in [3.63, 3.8) is 0 Å². The molecule has 0 atom stereocenters. The summed E-state index contributed by atoms with van der Waals surface area (Å²) >= 11 is 5.83. The Balaban J connectivity index is 1.58. The lowest BCUT2D eigenvalue weighted by Gasteiger charge is -2.18. The summed E-state index contributed by atoms with van der Waals surface area (Å²) < 4.78 is 5.41. The Bertz CT molecular complexity index is 778. The van der Waals surface area contributed by atoms with Crippen molar-refractivity contribution < 1.29 is 14.3 Å². The molecule has 1 saturated heterocycles. The molecule has 0 saturated carbocycles. The summed E-state index contributed by atoms with van der Waals surface area (Å²) in [7, 11) is 0. The van der Waals surface area contributed by atoms with Crippen LogP contribution in [-0.4, -0.2) is 43.1 Å². The number of amides is 3. The van der Waals surface area contributed by atoms with Gasteiger partial charge < -0.3 is 15.0 Å². The van der Waals surface area contributed by atoms with Crippen molar-refractivity contribution in [2.45, 2.75) is 6.92 Å². The van der Waals surface area contributed by atoms with Crippen LogP contribution in [0.15, 0.2) is 48.5 Å². The summed E-state index contributed by atoms with van der Waals surface area (Å²) in [5, 5.41) is 3.37. The number of nitrogens with one attached hydrogen (secondary N) is 1. The van der Waals surface area contributed by atoms with Gasteiger partial charge >= 0.3 is 6.03 Å². The van der Waals surface area contributed by atoms with Gasteiger partial charge in [0.25, 0.3) is 0 Å². The van der Waals surface area contributed by atoms with Gasteiger partial charge in [-0.15, -0.1) is 0 Å². The van der Waals surface area contributed by atoms with Gasteiger partial charge in [-0.2, -0.15) is 0 Å². The standard InChI is InChI=1S/C19H20ClN3O3/c1-2-26-17-9-7-16(8-10-17)23-12-11-22(19(23)25)13-18(24)21-15-5-3-14(20)4-6-15/h3-10H,2,11-13H2,1H3,(H,21,24). The summed E-state index contributed by atoms with van der Waals surface area (Å²) in [4.78, 5) is 27.9. The van der Waals surface area contributed by atoms with Gasteiger partial charge in [-0.05, 0) is 55.5 Å². The Hall–Kier alpha value is -2.73. The lowest BCUT2D eigenvalue weighted by Crippen LogP contribution is -2.37. The number of urea groups is 1. The second-order valence-corrected chi connectivity index (χ2v) is 6.27. The smallest absolute Gasteiger partial charge is 0.325 e. The van der Waals surface area contributed by atoms with E-state index in [0.717, 1.165) is 11.4 Å². The SMILES string of the molecule is CCOc1ccc(N2CCN(CC(=O)Nc3ccc(Cl)cc3)C2=O)cc1. The highest BCUT2D eigenvalue weighted by Gasteiger charge is 2.30. The van der Waals surface area contributed by atoms with Crippen LogP contribution in [0.3, 0.4) is 0 Å². The minimum absolute atomic E-state index is 0.00892. The molecule has 0 bridgehead atoms. The second-order valence-electron chi connectivity index (χ2n) is 5.84. The van der Waals surface area contributed by atoms with Crippen LogP contribution in [0.2, 0.25) is 5.02 Å². The molecule has 1 aliphatic rings. The first-order valence-corrected chi connectivity index (χ1v) is 8.79. The number of benzene rings is 2. The quantitative estimate of drug-likeness (QED) is 0.841. The number of anilines is 2. The van der Waals surface area contributed by atoms with E-state index in [1.54, 1.807) is 29.2 Å². The van der Waals surface area contributed by atoms with E-state index in [2.05, 4.69) is 5.32 Å². The highest BCUT2D eigenvalue weighted by Crippen LogP contribution is 2.23. The maximum atomic E-state index is 12.6. The molecule has 2 aromatic rings. The first-order valence-electron chi connectivity index (χ1n) is 8.41. The van der Waals surface area contributed by atoms with E-state index in [0.29, 0.717) is 30.4 Å². The molecule has 136 valence electrons. The Labute approximate surface area is 157 Å². The van der Waals surface area contributed by atoms with Gasteiger partial charge in [-0.3, -0.25) is 9.69 Å². The zero-order chi connectivity index (χ0) is 18.5. The molecule has 1 aliphatic heterocycles. The molecule has 0 unspecified atom stereocenters. The van der Waals surface area contributed by atoms with E-state index in [4.69, 9.17) is 16.3 Å². The predicted molar refractivity (Wildman–Crippen MR) is 102 cm³/mol. The Morgan fingerprint density at radius 2 is 1.81 bits per heavy atom. The Morgan fingerprint density at radius 1 is 1.12 bits per heavy atom. The molecule has 0 aliphatic carbocycles. The molecule has 2 aromatic carbocycles. The van der Waals surface area contributed by atoms with E-state index in [1.165, 1.54) is 4.90 Å². The Kier molecular flexibility index (Phi) is 5.63. The van der Waals surface area contributed by atoms with E-state index >= 15 is 0 Å². The van der Waals surface area contributed by atoms with Gasteiger partial charge in [-0.25, -0.2) is 4.79 Å². The van der Waals surface area contributed by atoms with Crippen LogP contribution < -0.4 is 15.0 Å². The van der Waals surface area contributed by atoms with Gasteiger partial charge in [0.1, 0.15) is 12.3 Å². The molecular formula is C19H20ClN3O3. The number of hydrogen-bond acceptors (Lipinski definition) is 3. The maximum Gasteiger partial charge on any atom is 0.325 e. The van der Waals surface area contributed by atoms with Crippen molar-refractivity contribution in [1.82, 2.24) is 4.90 Å². The summed E-state index contributed by atoms with van der Waals surface area (Å²) in [6.45, 7) is 3.57. The average molecular weight is 374 g/mol. The largest absolute Gasteiger partial charge is 0.494 e. The third kappa shape index (κ3) is 4.26. The molecule has 3 amide bonds. The third-order valence-corrected chi connectivity index (χ3v) is 4.27. The molecule has 6 nitrogen and oxygen atoms in total. The monoisotopic (exact) mass is 373 g/mol. The highest BCUT2D eigenvalue weighted by atomic mass is 35.5. The summed E-state index contributed by atoms with van der Waals surface area (Å²) in [6, 6.07) is 14.0. The number of rotatable bonds is 6. The fraction of sp³-hybridized carbons (Fsp3) is 0.263. The van der Waals surface area contributed by atoms with Crippen LogP contribution in [0.4, 0.5) is 16.2 Å². The lowest BCUT2D eigenvalue weighted by atomic mass is 10.3. The third-order valence-electron chi connectivity index (χ3n) is 4.02. The van der Waals surface area contributed by atoms with Gasteiger partial charge in [0.15, 0.2) is 0 Å². The predicted octanol–water partition coefficient (Wildman–Crippen LogP) is 3.62. The molecule has 0 radical (unpaired) electrons. The van der Waals surface area contributed by atoms with Crippen LogP contribution >= 0.6 is 11.6 Å². The van der Waals surface area contributed by atoms with Crippen LogP contribution in [0.5, 0.6) is 5.75 Å². The average Bonchev–Trinajstić information content (AvgIpc) is 2.98. The summed E-state index contributed by atoms with van der Waals surface area (Å²) in [5.74, 6) is 0.524. The van der Waals surface area contributed by atoms with Gasteiger partial charge in [0, 0.05) is 29.5 Å². The first kappa shape index (κ1) is 18.1. The minimum atomic E-state index is -0.241. The topological polar surface area (TPSA) is 61.9 Å². The lowest BCUT2D eigenvalue weighted by molar-refractivity contribution is -0.116. The number of halogens is 1. The van der Waals surface area contributed by atoms with Crippen LogP contribution in [-0.2, 0) is 4.79 Å². The van der Waals surface area contributed by atoms with Crippen LogP contribution in [0, 0.1) is 0 Å². The number of ether oxygens (including phenoxy) is 1. The number of carbonyl (C=O) groups excluding carboxylic acids is 2.